The van der Waals surface area contributed by atoms with Crippen LogP contribution in [-0.2, 0) is 12.6 Å². The highest BCUT2D eigenvalue weighted by atomic mass is 19.4. The molecule has 2 aromatic rings. The second-order valence-corrected chi connectivity index (χ2v) is 4.58. The Bertz CT molecular complexity index is 647. The average Bonchev–Trinajstić information content (AvgIpc) is 2.67. The Kier molecular flexibility index (Phi) is 3.23. The van der Waals surface area contributed by atoms with E-state index in [1.54, 1.807) is 0 Å². The summed E-state index contributed by atoms with van der Waals surface area (Å²) in [5.41, 5.74) is 0.883. The van der Waals surface area contributed by atoms with E-state index in [0.29, 0.717) is 17.0 Å². The van der Waals surface area contributed by atoms with Crippen molar-refractivity contribution >= 4 is 5.65 Å². The monoisotopic (exact) mass is 267 g/mol. The number of aromatic nitrogens is 2. The highest BCUT2D eigenvalue weighted by Gasteiger charge is 2.31. The van der Waals surface area contributed by atoms with Crippen molar-refractivity contribution in [1.82, 2.24) is 9.38 Å². The van der Waals surface area contributed by atoms with Gasteiger partial charge in [0.1, 0.15) is 5.65 Å². The largest absolute Gasteiger partial charge is 0.417 e. The van der Waals surface area contributed by atoms with Gasteiger partial charge >= 0.3 is 6.18 Å². The molecule has 0 N–H and O–H groups in total. The Labute approximate surface area is 108 Å². The molecular formula is C13H12F3N3. The summed E-state index contributed by atoms with van der Waals surface area (Å²) in [6.45, 7) is 3.79. The molecule has 3 nitrogen and oxygen atoms in total. The van der Waals surface area contributed by atoms with Gasteiger partial charge in [-0.05, 0) is 18.1 Å². The fourth-order valence-corrected chi connectivity index (χ4v) is 1.99. The maximum Gasteiger partial charge on any atom is 0.417 e. The van der Waals surface area contributed by atoms with Gasteiger partial charge in [-0.2, -0.15) is 18.4 Å². The molecule has 0 aromatic carbocycles. The van der Waals surface area contributed by atoms with Crippen molar-refractivity contribution in [3.63, 3.8) is 0 Å². The van der Waals surface area contributed by atoms with E-state index in [1.807, 2.05) is 19.9 Å². The summed E-state index contributed by atoms with van der Waals surface area (Å²) in [5, 5.41) is 8.82. The predicted molar refractivity (Wildman–Crippen MR) is 63.6 cm³/mol. The third kappa shape index (κ3) is 2.41. The lowest BCUT2D eigenvalue weighted by Gasteiger charge is -2.08. The summed E-state index contributed by atoms with van der Waals surface area (Å²) in [6.07, 6.45) is -3.36. The van der Waals surface area contributed by atoms with Crippen LogP contribution in [0, 0.1) is 11.3 Å². The molecule has 0 spiro atoms. The minimum absolute atomic E-state index is 0.0377. The van der Waals surface area contributed by atoms with E-state index in [-0.39, 0.29) is 12.3 Å². The van der Waals surface area contributed by atoms with Crippen LogP contribution in [0.5, 0.6) is 0 Å². The summed E-state index contributed by atoms with van der Waals surface area (Å²) in [4.78, 5) is 4.30. The summed E-state index contributed by atoms with van der Waals surface area (Å²) in [5.74, 6) is 0.0533. The van der Waals surface area contributed by atoms with Crippen LogP contribution in [0.2, 0.25) is 0 Å². The Morgan fingerprint density at radius 2 is 2.05 bits per heavy atom. The normalized spacial score (nSPS) is 12.1. The average molecular weight is 267 g/mol. The molecule has 0 aliphatic carbocycles. The minimum atomic E-state index is -4.40. The Morgan fingerprint density at radius 1 is 1.37 bits per heavy atom. The molecule has 0 aliphatic heterocycles. The van der Waals surface area contributed by atoms with E-state index in [2.05, 4.69) is 4.98 Å². The van der Waals surface area contributed by atoms with Crippen molar-refractivity contribution < 1.29 is 13.2 Å². The van der Waals surface area contributed by atoms with Crippen molar-refractivity contribution in [2.45, 2.75) is 32.4 Å². The zero-order chi connectivity index (χ0) is 14.2. The number of nitriles is 1. The fraction of sp³-hybridized carbons (Fsp3) is 0.385. The van der Waals surface area contributed by atoms with Gasteiger partial charge in [0.05, 0.1) is 29.4 Å². The zero-order valence-corrected chi connectivity index (χ0v) is 10.5. The van der Waals surface area contributed by atoms with Crippen LogP contribution in [0.1, 0.15) is 36.7 Å². The molecule has 0 aliphatic rings. The van der Waals surface area contributed by atoms with E-state index in [1.165, 1.54) is 10.5 Å². The van der Waals surface area contributed by atoms with Gasteiger partial charge in [-0.1, -0.05) is 13.8 Å². The molecule has 0 atom stereocenters. The first-order valence-corrected chi connectivity index (χ1v) is 5.79. The molecule has 0 radical (unpaired) electrons. The van der Waals surface area contributed by atoms with E-state index in [9.17, 15) is 13.2 Å². The molecule has 100 valence electrons. The third-order valence-corrected chi connectivity index (χ3v) is 2.87. The van der Waals surface area contributed by atoms with Crippen LogP contribution in [0.4, 0.5) is 13.2 Å². The number of hydrogen-bond acceptors (Lipinski definition) is 2. The van der Waals surface area contributed by atoms with Crippen molar-refractivity contribution in [3.8, 4) is 6.07 Å². The van der Waals surface area contributed by atoms with Crippen LogP contribution in [-0.4, -0.2) is 9.38 Å². The number of halogens is 3. The molecule has 2 rings (SSSR count). The van der Waals surface area contributed by atoms with Gasteiger partial charge in [0.25, 0.3) is 0 Å². The van der Waals surface area contributed by atoms with Gasteiger partial charge < -0.3 is 4.40 Å². The molecule has 0 saturated carbocycles. The minimum Gasteiger partial charge on any atom is -0.302 e. The Morgan fingerprint density at radius 3 is 2.58 bits per heavy atom. The van der Waals surface area contributed by atoms with Gasteiger partial charge in [-0.25, -0.2) is 4.98 Å². The molecular weight excluding hydrogens is 255 g/mol. The van der Waals surface area contributed by atoms with Crippen LogP contribution in [0.3, 0.4) is 0 Å². The highest BCUT2D eigenvalue weighted by molar-refractivity contribution is 5.46. The van der Waals surface area contributed by atoms with E-state index in [0.717, 1.165) is 12.3 Å². The first kappa shape index (κ1) is 13.4. The quantitative estimate of drug-likeness (QED) is 0.835. The standard InChI is InChI=1S/C13H12F3N3/c1-8(2)12-10(5-6-17)19-7-9(13(14,15)16)3-4-11(19)18-12/h3-4,7-8H,5H2,1-2H3. The lowest BCUT2D eigenvalue weighted by molar-refractivity contribution is -0.137. The summed E-state index contributed by atoms with van der Waals surface area (Å²) < 4.78 is 39.5. The Hall–Kier alpha value is -2.03. The second kappa shape index (κ2) is 4.57. The first-order valence-electron chi connectivity index (χ1n) is 5.79. The molecule has 0 amide bonds. The van der Waals surface area contributed by atoms with Gasteiger partial charge in [-0.15, -0.1) is 0 Å². The van der Waals surface area contributed by atoms with Crippen molar-refractivity contribution in [2.24, 2.45) is 0 Å². The number of pyridine rings is 1. The molecule has 0 unspecified atom stereocenters. The number of rotatable bonds is 2. The van der Waals surface area contributed by atoms with Gasteiger partial charge in [0.15, 0.2) is 0 Å². The van der Waals surface area contributed by atoms with Crippen LogP contribution >= 0.6 is 0 Å². The smallest absolute Gasteiger partial charge is 0.302 e. The molecule has 2 heterocycles. The van der Waals surface area contributed by atoms with E-state index < -0.39 is 11.7 Å². The molecule has 6 heteroatoms. The summed E-state index contributed by atoms with van der Waals surface area (Å²) >= 11 is 0. The van der Waals surface area contributed by atoms with Crippen molar-refractivity contribution in [1.29, 1.82) is 5.26 Å². The summed E-state index contributed by atoms with van der Waals surface area (Å²) in [7, 11) is 0. The second-order valence-electron chi connectivity index (χ2n) is 4.58. The van der Waals surface area contributed by atoms with Crippen molar-refractivity contribution in [3.05, 3.63) is 35.3 Å². The fourth-order valence-electron chi connectivity index (χ4n) is 1.99. The SMILES string of the molecule is CC(C)c1nc2ccc(C(F)(F)F)cn2c1CC#N. The van der Waals surface area contributed by atoms with Gasteiger partial charge in [0.2, 0.25) is 0 Å². The number of fused-ring (bicyclic) bond motifs is 1. The molecule has 19 heavy (non-hydrogen) atoms. The molecule has 2 aromatic heterocycles. The molecule has 0 bridgehead atoms. The number of nitrogens with zero attached hydrogens (tertiary/aromatic N) is 3. The van der Waals surface area contributed by atoms with Crippen LogP contribution in [0.25, 0.3) is 5.65 Å². The first-order chi connectivity index (χ1) is 8.84. The lowest BCUT2D eigenvalue weighted by atomic mass is 10.1. The number of imidazole rings is 1. The highest BCUT2D eigenvalue weighted by Crippen LogP contribution is 2.30. The summed E-state index contributed by atoms with van der Waals surface area (Å²) in [6, 6.07) is 4.31. The maximum atomic E-state index is 12.7. The molecule has 0 fully saturated rings. The topological polar surface area (TPSA) is 41.1 Å². The lowest BCUT2D eigenvalue weighted by Crippen LogP contribution is -2.07. The number of hydrogen-bond donors (Lipinski definition) is 0. The number of alkyl halides is 3. The Balaban J connectivity index is 2.70. The maximum absolute atomic E-state index is 12.7. The van der Waals surface area contributed by atoms with E-state index in [4.69, 9.17) is 5.26 Å². The third-order valence-electron chi connectivity index (χ3n) is 2.87. The van der Waals surface area contributed by atoms with E-state index >= 15 is 0 Å². The predicted octanol–water partition coefficient (Wildman–Crippen LogP) is 3.54. The van der Waals surface area contributed by atoms with Crippen molar-refractivity contribution in [2.75, 3.05) is 0 Å². The van der Waals surface area contributed by atoms with Crippen LogP contribution in [0.15, 0.2) is 18.3 Å². The van der Waals surface area contributed by atoms with Gasteiger partial charge in [0, 0.05) is 6.20 Å². The van der Waals surface area contributed by atoms with Gasteiger partial charge in [-0.3, -0.25) is 0 Å². The van der Waals surface area contributed by atoms with Crippen LogP contribution < -0.4 is 0 Å². The zero-order valence-electron chi connectivity index (χ0n) is 10.5. The molecule has 0 saturated heterocycles.